The Morgan fingerprint density at radius 2 is 1.00 bits per heavy atom. The van der Waals surface area contributed by atoms with E-state index in [1.165, 1.54) is 0 Å². The lowest BCUT2D eigenvalue weighted by molar-refractivity contribution is 0.0967. The third kappa shape index (κ3) is 2.36. The monoisotopic (exact) mass is 362 g/mol. The molecule has 2 aromatic rings. The van der Waals surface area contributed by atoms with Crippen LogP contribution in [0.4, 0.5) is 11.4 Å². The van der Waals surface area contributed by atoms with Crippen molar-refractivity contribution in [3.05, 3.63) is 46.5 Å². The molecule has 0 unspecified atom stereocenters. The molecular weight excluding hydrogens is 348 g/mol. The van der Waals surface area contributed by atoms with Gasteiger partial charge in [0.2, 0.25) is 11.6 Å². The molecule has 0 spiro atoms. The first-order valence-electron chi connectivity index (χ1n) is 7.29. The minimum atomic E-state index is -0.918. The fraction of sp³-hybridized carbons (Fsp3) is 0.125. The first-order valence-corrected chi connectivity index (χ1v) is 7.29. The summed E-state index contributed by atoms with van der Waals surface area (Å²) in [6.45, 7) is -1.79. The number of hydrogen-bond acceptors (Lipinski definition) is 10. The van der Waals surface area contributed by atoms with Gasteiger partial charge in [-0.15, -0.1) is 0 Å². The largest absolute Gasteiger partial charge is 0.507 e. The van der Waals surface area contributed by atoms with Crippen molar-refractivity contribution in [3.63, 3.8) is 0 Å². The summed E-state index contributed by atoms with van der Waals surface area (Å²) in [5.74, 6) is -2.97. The maximum Gasteiger partial charge on any atom is 0.200 e. The number of aromatic hydroxyl groups is 2. The summed E-state index contributed by atoms with van der Waals surface area (Å²) in [4.78, 5) is 25.9. The van der Waals surface area contributed by atoms with Gasteiger partial charge in [0, 0.05) is 0 Å². The molecule has 0 fully saturated rings. The summed E-state index contributed by atoms with van der Waals surface area (Å²) >= 11 is 0. The molecule has 0 saturated carbocycles. The second-order valence-corrected chi connectivity index (χ2v) is 5.45. The molecule has 0 atom stereocenters. The Kier molecular flexibility index (Phi) is 4.26. The standard InChI is InChI=1S/C16H14N2O8/c19-5-17(25)7-1-3-9(21)13-11(7)15(23)14-10(22)4-2-8(18(26)6-20)12(14)16(13)24/h1-4,19-22,25-26H,5-6H2. The molecule has 10 heteroatoms. The van der Waals surface area contributed by atoms with Crippen LogP contribution >= 0.6 is 0 Å². The van der Waals surface area contributed by atoms with Gasteiger partial charge < -0.3 is 20.4 Å². The summed E-state index contributed by atoms with van der Waals surface area (Å²) in [7, 11) is 0. The van der Waals surface area contributed by atoms with Crippen molar-refractivity contribution >= 4 is 22.9 Å². The summed E-state index contributed by atoms with van der Waals surface area (Å²) in [5.41, 5.74) is -2.27. The Balaban J connectivity index is 2.38. The third-order valence-electron chi connectivity index (χ3n) is 4.06. The molecule has 6 N–H and O–H groups in total. The van der Waals surface area contributed by atoms with Gasteiger partial charge in [0.15, 0.2) is 0 Å². The normalized spacial score (nSPS) is 12.6. The fourth-order valence-corrected chi connectivity index (χ4v) is 2.91. The number of ketones is 2. The number of fused-ring (bicyclic) bond motifs is 2. The fourth-order valence-electron chi connectivity index (χ4n) is 2.91. The number of hydrogen-bond donors (Lipinski definition) is 6. The van der Waals surface area contributed by atoms with Gasteiger partial charge in [0.05, 0.1) is 33.6 Å². The van der Waals surface area contributed by atoms with Crippen LogP contribution in [0.25, 0.3) is 0 Å². The first kappa shape index (κ1) is 17.6. The Morgan fingerprint density at radius 1 is 0.654 bits per heavy atom. The number of hydroxylamine groups is 2. The van der Waals surface area contributed by atoms with Crippen LogP contribution in [0.3, 0.4) is 0 Å². The van der Waals surface area contributed by atoms with Crippen LogP contribution in [0, 0.1) is 0 Å². The summed E-state index contributed by atoms with van der Waals surface area (Å²) in [5, 5.41) is 58.5. The summed E-state index contributed by atoms with van der Waals surface area (Å²) in [6, 6.07) is 4.34. The highest BCUT2D eigenvalue weighted by Crippen LogP contribution is 2.43. The van der Waals surface area contributed by atoms with Crippen LogP contribution in [0.5, 0.6) is 11.5 Å². The number of anilines is 2. The number of phenols is 2. The zero-order valence-corrected chi connectivity index (χ0v) is 13.1. The molecule has 3 rings (SSSR count). The molecule has 0 saturated heterocycles. The Morgan fingerprint density at radius 3 is 1.31 bits per heavy atom. The summed E-state index contributed by atoms with van der Waals surface area (Å²) in [6.07, 6.45) is 0. The van der Waals surface area contributed by atoms with Crippen LogP contribution in [0.1, 0.15) is 31.8 Å². The number of phenolic OH excluding ortho intramolecular Hbond substituents is 2. The molecule has 0 aromatic heterocycles. The van der Waals surface area contributed by atoms with E-state index in [0.29, 0.717) is 10.1 Å². The molecule has 2 aromatic carbocycles. The van der Waals surface area contributed by atoms with E-state index < -0.39 is 58.8 Å². The van der Waals surface area contributed by atoms with E-state index in [9.17, 15) is 30.2 Å². The second-order valence-electron chi connectivity index (χ2n) is 5.45. The Hall–Kier alpha value is -3.18. The SMILES string of the molecule is O=C1c2c(O)ccc(N(O)CO)c2C(=O)c2c(O)ccc(N(O)CO)c21. The van der Waals surface area contributed by atoms with Crippen LogP contribution in [0.2, 0.25) is 0 Å². The predicted octanol–water partition coefficient (Wildman–Crippen LogP) is 0.164. The van der Waals surface area contributed by atoms with E-state index in [1.807, 2.05) is 0 Å². The number of benzene rings is 2. The van der Waals surface area contributed by atoms with Crippen molar-refractivity contribution in [2.24, 2.45) is 0 Å². The number of nitrogens with zero attached hydrogens (tertiary/aromatic N) is 2. The van der Waals surface area contributed by atoms with E-state index in [0.717, 1.165) is 24.3 Å². The molecule has 0 amide bonds. The van der Waals surface area contributed by atoms with Crippen molar-refractivity contribution in [2.75, 3.05) is 23.6 Å². The lowest BCUT2D eigenvalue weighted by atomic mass is 9.81. The maximum atomic E-state index is 12.9. The van der Waals surface area contributed by atoms with E-state index >= 15 is 0 Å². The van der Waals surface area contributed by atoms with Gasteiger partial charge in [0.1, 0.15) is 25.0 Å². The van der Waals surface area contributed by atoms with Gasteiger partial charge in [0.25, 0.3) is 0 Å². The minimum absolute atomic E-state index is 0.253. The number of carbonyl (C=O) groups excluding carboxylic acids is 2. The smallest absolute Gasteiger partial charge is 0.200 e. The highest BCUT2D eigenvalue weighted by Gasteiger charge is 2.39. The molecule has 1 aliphatic rings. The van der Waals surface area contributed by atoms with Gasteiger partial charge in [-0.05, 0) is 24.3 Å². The van der Waals surface area contributed by atoms with Gasteiger partial charge in [-0.25, -0.2) is 10.1 Å². The maximum absolute atomic E-state index is 12.9. The van der Waals surface area contributed by atoms with Crippen LogP contribution in [-0.2, 0) is 0 Å². The van der Waals surface area contributed by atoms with Crippen LogP contribution in [-0.4, -0.2) is 55.9 Å². The third-order valence-corrected chi connectivity index (χ3v) is 4.06. The van der Waals surface area contributed by atoms with Crippen molar-refractivity contribution in [1.29, 1.82) is 0 Å². The van der Waals surface area contributed by atoms with Crippen LogP contribution in [0.15, 0.2) is 24.3 Å². The summed E-state index contributed by atoms with van der Waals surface area (Å²) < 4.78 is 0. The van der Waals surface area contributed by atoms with Crippen LogP contribution < -0.4 is 10.1 Å². The highest BCUT2D eigenvalue weighted by molar-refractivity contribution is 6.33. The highest BCUT2D eigenvalue weighted by atomic mass is 16.5. The first-order chi connectivity index (χ1) is 12.3. The van der Waals surface area contributed by atoms with Gasteiger partial charge >= 0.3 is 0 Å². The zero-order valence-electron chi connectivity index (χ0n) is 13.1. The lowest BCUT2D eigenvalue weighted by Crippen LogP contribution is -2.30. The molecular formula is C16H14N2O8. The molecule has 26 heavy (non-hydrogen) atoms. The molecule has 10 nitrogen and oxygen atoms in total. The second kappa shape index (κ2) is 6.28. The predicted molar refractivity (Wildman–Crippen MR) is 85.8 cm³/mol. The van der Waals surface area contributed by atoms with Gasteiger partial charge in [-0.2, -0.15) is 0 Å². The van der Waals surface area contributed by atoms with Gasteiger partial charge in [-0.3, -0.25) is 20.0 Å². The topological polar surface area (TPSA) is 162 Å². The average molecular weight is 362 g/mol. The van der Waals surface area contributed by atoms with Crippen molar-refractivity contribution < 1.29 is 40.4 Å². The lowest BCUT2D eigenvalue weighted by Gasteiger charge is -2.27. The Labute approximate surface area is 145 Å². The van der Waals surface area contributed by atoms with Crippen molar-refractivity contribution in [2.45, 2.75) is 0 Å². The zero-order chi connectivity index (χ0) is 19.2. The molecule has 0 heterocycles. The average Bonchev–Trinajstić information content (AvgIpc) is 2.64. The van der Waals surface area contributed by atoms with Crippen molar-refractivity contribution in [3.8, 4) is 11.5 Å². The number of aliphatic hydroxyl groups excluding tert-OH is 2. The molecule has 0 bridgehead atoms. The van der Waals surface area contributed by atoms with E-state index in [4.69, 9.17) is 10.2 Å². The Bertz CT molecular complexity index is 851. The molecule has 0 aliphatic heterocycles. The van der Waals surface area contributed by atoms with E-state index in [1.54, 1.807) is 0 Å². The minimum Gasteiger partial charge on any atom is -0.507 e. The van der Waals surface area contributed by atoms with E-state index in [2.05, 4.69) is 0 Å². The molecule has 0 radical (unpaired) electrons. The van der Waals surface area contributed by atoms with Crippen molar-refractivity contribution in [1.82, 2.24) is 0 Å². The quantitative estimate of drug-likeness (QED) is 0.278. The van der Waals surface area contributed by atoms with E-state index in [-0.39, 0.29) is 11.4 Å². The number of aliphatic hydroxyl groups is 2. The molecule has 136 valence electrons. The number of rotatable bonds is 4. The van der Waals surface area contributed by atoms with Gasteiger partial charge in [-0.1, -0.05) is 0 Å². The number of carbonyl (C=O) groups is 2. The molecule has 1 aliphatic carbocycles.